The maximum atomic E-state index is 10.7. The van der Waals surface area contributed by atoms with Crippen LogP contribution in [0.4, 0.5) is 16.4 Å². The minimum atomic E-state index is -0.382. The van der Waals surface area contributed by atoms with E-state index in [2.05, 4.69) is 23.1 Å². The molecule has 1 aromatic heterocycles. The van der Waals surface area contributed by atoms with Gasteiger partial charge < -0.3 is 4.90 Å². The maximum absolute atomic E-state index is 10.7. The molecule has 0 spiro atoms. The molecule has 5 heteroatoms. The predicted octanol–water partition coefficient (Wildman–Crippen LogP) is 5.09. The van der Waals surface area contributed by atoms with Crippen LogP contribution < -0.4 is 4.90 Å². The lowest BCUT2D eigenvalue weighted by Gasteiger charge is -2.16. The minimum Gasteiger partial charge on any atom is -0.336 e. The van der Waals surface area contributed by atoms with Crippen LogP contribution in [0.15, 0.2) is 66.7 Å². The van der Waals surface area contributed by atoms with Crippen molar-refractivity contribution in [2.24, 2.45) is 0 Å². The Morgan fingerprint density at radius 3 is 2.27 bits per heavy atom. The van der Waals surface area contributed by atoms with Gasteiger partial charge in [0.15, 0.2) is 0 Å². The third kappa shape index (κ3) is 2.84. The van der Waals surface area contributed by atoms with Crippen LogP contribution in [0.1, 0.15) is 0 Å². The molecule has 1 heterocycles. The first-order valence-corrected chi connectivity index (χ1v) is 7.60. The zero-order valence-corrected chi connectivity index (χ0v) is 12.8. The highest BCUT2D eigenvalue weighted by Crippen LogP contribution is 2.36. The molecule has 0 N–H and O–H groups in total. The maximum Gasteiger partial charge on any atom is 0.269 e. The molecular weight excluding hydrogens is 296 g/mol. The third-order valence-electron chi connectivity index (χ3n) is 3.43. The van der Waals surface area contributed by atoms with Crippen LogP contribution in [-0.2, 0) is 0 Å². The number of hydrogen-bond donors (Lipinski definition) is 0. The highest BCUT2D eigenvalue weighted by atomic mass is 32.1. The summed E-state index contributed by atoms with van der Waals surface area (Å²) in [5, 5.41) is 11.8. The van der Waals surface area contributed by atoms with E-state index in [9.17, 15) is 10.1 Å². The number of hydrogen-bond acceptors (Lipinski definition) is 4. The number of nitro benzene ring substituents is 1. The summed E-state index contributed by atoms with van der Waals surface area (Å²) in [6.45, 7) is 0. The zero-order chi connectivity index (χ0) is 15.5. The molecule has 0 unspecified atom stereocenters. The highest BCUT2D eigenvalue weighted by molar-refractivity contribution is 7.19. The van der Waals surface area contributed by atoms with Gasteiger partial charge in [-0.05, 0) is 42.0 Å². The number of thiophene rings is 1. The lowest BCUT2D eigenvalue weighted by molar-refractivity contribution is -0.384. The van der Waals surface area contributed by atoms with Gasteiger partial charge in [-0.15, -0.1) is 11.3 Å². The molecule has 0 aliphatic heterocycles. The standard InChI is InChI=1S/C17H14N2O2S/c1-18(14-5-3-2-4-6-14)17-12-11-16(22-17)13-7-9-15(10-8-13)19(20)21/h2-12H,1H3. The van der Waals surface area contributed by atoms with Crippen molar-refractivity contribution in [3.8, 4) is 10.4 Å². The molecule has 0 saturated carbocycles. The second-order valence-corrected chi connectivity index (χ2v) is 5.90. The van der Waals surface area contributed by atoms with Crippen LogP contribution in [-0.4, -0.2) is 12.0 Å². The normalized spacial score (nSPS) is 10.4. The Morgan fingerprint density at radius 1 is 0.955 bits per heavy atom. The summed E-state index contributed by atoms with van der Waals surface area (Å²) in [6.07, 6.45) is 0. The second-order valence-electron chi connectivity index (χ2n) is 4.84. The van der Waals surface area contributed by atoms with E-state index < -0.39 is 0 Å². The van der Waals surface area contributed by atoms with Crippen LogP contribution >= 0.6 is 11.3 Å². The number of non-ortho nitro benzene ring substituents is 1. The monoisotopic (exact) mass is 310 g/mol. The molecule has 0 aliphatic rings. The summed E-state index contributed by atoms with van der Waals surface area (Å²) >= 11 is 1.66. The van der Waals surface area contributed by atoms with Gasteiger partial charge in [0.1, 0.15) is 0 Å². The summed E-state index contributed by atoms with van der Waals surface area (Å²) in [4.78, 5) is 13.5. The lowest BCUT2D eigenvalue weighted by atomic mass is 10.2. The molecule has 22 heavy (non-hydrogen) atoms. The van der Waals surface area contributed by atoms with Crippen LogP contribution in [0.5, 0.6) is 0 Å². The number of rotatable bonds is 4. The molecule has 0 amide bonds. The number of para-hydroxylation sites is 1. The molecule has 0 radical (unpaired) electrons. The quantitative estimate of drug-likeness (QED) is 0.498. The number of benzene rings is 2. The summed E-state index contributed by atoms with van der Waals surface area (Å²) in [5.41, 5.74) is 2.23. The largest absolute Gasteiger partial charge is 0.336 e. The van der Waals surface area contributed by atoms with E-state index in [0.29, 0.717) is 0 Å². The molecule has 4 nitrogen and oxygen atoms in total. The molecule has 0 bridgehead atoms. The van der Waals surface area contributed by atoms with Crippen LogP contribution in [0.25, 0.3) is 10.4 Å². The molecule has 0 saturated heterocycles. The molecule has 110 valence electrons. The van der Waals surface area contributed by atoms with E-state index in [4.69, 9.17) is 0 Å². The van der Waals surface area contributed by atoms with E-state index in [0.717, 1.165) is 21.1 Å². The third-order valence-corrected chi connectivity index (χ3v) is 4.64. The van der Waals surface area contributed by atoms with E-state index in [-0.39, 0.29) is 10.6 Å². The zero-order valence-electron chi connectivity index (χ0n) is 12.0. The van der Waals surface area contributed by atoms with Crippen LogP contribution in [0, 0.1) is 10.1 Å². The van der Waals surface area contributed by atoms with Crippen LogP contribution in [0.2, 0.25) is 0 Å². The summed E-state index contributed by atoms with van der Waals surface area (Å²) in [5.74, 6) is 0. The fourth-order valence-corrected chi connectivity index (χ4v) is 3.18. The van der Waals surface area contributed by atoms with E-state index in [1.165, 1.54) is 12.1 Å². The van der Waals surface area contributed by atoms with Crippen molar-refractivity contribution in [2.75, 3.05) is 11.9 Å². The van der Waals surface area contributed by atoms with Crippen molar-refractivity contribution in [3.63, 3.8) is 0 Å². The SMILES string of the molecule is CN(c1ccccc1)c1ccc(-c2ccc([N+](=O)[O-])cc2)s1. The summed E-state index contributed by atoms with van der Waals surface area (Å²) < 4.78 is 0. The average Bonchev–Trinajstić information content (AvgIpc) is 3.05. The fraction of sp³-hybridized carbons (Fsp3) is 0.0588. The molecule has 2 aromatic carbocycles. The van der Waals surface area contributed by atoms with Gasteiger partial charge in [-0.1, -0.05) is 18.2 Å². The average molecular weight is 310 g/mol. The summed E-state index contributed by atoms with van der Waals surface area (Å²) in [7, 11) is 2.03. The Kier molecular flexibility index (Phi) is 3.89. The van der Waals surface area contributed by atoms with Gasteiger partial charge in [-0.3, -0.25) is 10.1 Å². The second kappa shape index (κ2) is 5.99. The molecule has 0 fully saturated rings. The van der Waals surface area contributed by atoms with E-state index >= 15 is 0 Å². The Hall–Kier alpha value is -2.66. The van der Waals surface area contributed by atoms with Crippen LogP contribution in [0.3, 0.4) is 0 Å². The van der Waals surface area contributed by atoms with Crippen molar-refractivity contribution in [3.05, 3.63) is 76.8 Å². The number of nitrogens with zero attached hydrogens (tertiary/aromatic N) is 2. The molecule has 3 rings (SSSR count). The van der Waals surface area contributed by atoms with Gasteiger partial charge in [0.05, 0.1) is 9.92 Å². The first kappa shape index (κ1) is 14.3. The minimum absolute atomic E-state index is 0.113. The Labute approximate surface area is 132 Å². The number of nitro groups is 1. The van der Waals surface area contributed by atoms with E-state index in [1.54, 1.807) is 23.5 Å². The van der Waals surface area contributed by atoms with Gasteiger partial charge in [-0.25, -0.2) is 0 Å². The van der Waals surface area contributed by atoms with Crippen molar-refractivity contribution >= 4 is 27.7 Å². The summed E-state index contributed by atoms with van der Waals surface area (Å²) in [6, 6.07) is 20.9. The van der Waals surface area contributed by atoms with Gasteiger partial charge in [-0.2, -0.15) is 0 Å². The molecular formula is C17H14N2O2S. The van der Waals surface area contributed by atoms with E-state index in [1.807, 2.05) is 31.3 Å². The molecule has 0 atom stereocenters. The Balaban J connectivity index is 1.86. The fourth-order valence-electron chi connectivity index (χ4n) is 2.19. The lowest BCUT2D eigenvalue weighted by Crippen LogP contribution is -2.06. The van der Waals surface area contributed by atoms with Crippen molar-refractivity contribution in [2.45, 2.75) is 0 Å². The topological polar surface area (TPSA) is 46.4 Å². The predicted molar refractivity (Wildman–Crippen MR) is 90.9 cm³/mol. The molecule has 3 aromatic rings. The molecule has 0 aliphatic carbocycles. The van der Waals surface area contributed by atoms with Gasteiger partial charge >= 0.3 is 0 Å². The van der Waals surface area contributed by atoms with Crippen molar-refractivity contribution < 1.29 is 4.92 Å². The first-order valence-electron chi connectivity index (χ1n) is 6.78. The van der Waals surface area contributed by atoms with Gasteiger partial charge in [0, 0.05) is 29.7 Å². The Morgan fingerprint density at radius 2 is 1.64 bits per heavy atom. The Bertz CT molecular complexity index is 782. The smallest absolute Gasteiger partial charge is 0.269 e. The van der Waals surface area contributed by atoms with Gasteiger partial charge in [0.2, 0.25) is 0 Å². The van der Waals surface area contributed by atoms with Crippen molar-refractivity contribution in [1.29, 1.82) is 0 Å². The first-order chi connectivity index (χ1) is 10.6. The number of anilines is 2. The van der Waals surface area contributed by atoms with Crippen molar-refractivity contribution in [1.82, 2.24) is 0 Å². The van der Waals surface area contributed by atoms with Gasteiger partial charge in [0.25, 0.3) is 5.69 Å². The highest BCUT2D eigenvalue weighted by Gasteiger charge is 2.10.